The summed E-state index contributed by atoms with van der Waals surface area (Å²) in [6.07, 6.45) is 0. The Morgan fingerprint density at radius 3 is 2.52 bits per heavy atom. The second kappa shape index (κ2) is 8.71. The van der Waals surface area contributed by atoms with E-state index in [4.69, 9.17) is 4.98 Å². The lowest BCUT2D eigenvalue weighted by molar-refractivity contribution is -0.886. The lowest BCUT2D eigenvalue weighted by atomic mass is 10.2. The van der Waals surface area contributed by atoms with Gasteiger partial charge in [-0.25, -0.2) is 4.98 Å². The number of aryl methyl sites for hydroxylation is 1. The fourth-order valence-electron chi connectivity index (χ4n) is 2.88. The predicted octanol–water partition coefficient (Wildman–Crippen LogP) is 2.20. The first-order valence-electron chi connectivity index (χ1n) is 9.55. The molecule has 0 aliphatic rings. The lowest BCUT2D eigenvalue weighted by Crippen LogP contribution is -3.15. The molecule has 2 aromatic carbocycles. The molecule has 0 saturated carbocycles. The molecule has 2 amide bonds. The monoisotopic (exact) mass is 411 g/mol. The van der Waals surface area contributed by atoms with E-state index in [1.165, 1.54) is 15.2 Å². The van der Waals surface area contributed by atoms with Gasteiger partial charge in [0.05, 0.1) is 17.3 Å². The number of amides is 2. The average Bonchev–Trinajstić information content (AvgIpc) is 3.10. The topological polar surface area (TPSA) is 66.7 Å². The van der Waals surface area contributed by atoms with Crippen molar-refractivity contribution in [3.8, 4) is 10.6 Å². The lowest BCUT2D eigenvalue weighted by Gasteiger charge is -2.22. The summed E-state index contributed by atoms with van der Waals surface area (Å²) < 4.78 is 1.17. The Balaban J connectivity index is 1.66. The summed E-state index contributed by atoms with van der Waals surface area (Å²) in [5, 5.41) is 3.90. The van der Waals surface area contributed by atoms with E-state index >= 15 is 0 Å². The van der Waals surface area contributed by atoms with Crippen LogP contribution in [0.5, 0.6) is 0 Å². The number of nitrogens with one attached hydrogen (secondary N) is 2. The fraction of sp³-hybridized carbons (Fsp3) is 0.318. The zero-order valence-corrected chi connectivity index (χ0v) is 18.3. The number of likely N-dealkylation sites (N-methyl/N-ethyl adjacent to an activating group) is 2. The second-order valence-electron chi connectivity index (χ2n) is 7.59. The highest BCUT2D eigenvalue weighted by Gasteiger charge is 2.24. The van der Waals surface area contributed by atoms with Crippen LogP contribution >= 0.6 is 11.3 Å². The van der Waals surface area contributed by atoms with E-state index in [-0.39, 0.29) is 24.4 Å². The van der Waals surface area contributed by atoms with E-state index in [9.17, 15) is 9.59 Å². The van der Waals surface area contributed by atoms with Crippen molar-refractivity contribution in [2.45, 2.75) is 19.9 Å². The highest BCUT2D eigenvalue weighted by Crippen LogP contribution is 2.31. The molecule has 0 aliphatic heterocycles. The molecule has 152 valence electrons. The third kappa shape index (κ3) is 4.99. The molecule has 6 nitrogen and oxygen atoms in total. The summed E-state index contributed by atoms with van der Waals surface area (Å²) in [5.41, 5.74) is 3.97. The van der Waals surface area contributed by atoms with Crippen LogP contribution in [0.2, 0.25) is 0 Å². The maximum absolute atomic E-state index is 12.5. The van der Waals surface area contributed by atoms with E-state index in [1.807, 2.05) is 44.3 Å². The highest BCUT2D eigenvalue weighted by atomic mass is 32.1. The maximum Gasteiger partial charge on any atom is 0.282 e. The maximum atomic E-state index is 12.5. The molecule has 7 heteroatoms. The van der Waals surface area contributed by atoms with E-state index in [2.05, 4.69) is 24.4 Å². The molecule has 1 unspecified atom stereocenters. The molecule has 0 bridgehead atoms. The minimum atomic E-state index is -0.342. The van der Waals surface area contributed by atoms with Crippen molar-refractivity contribution in [3.05, 3.63) is 48.0 Å². The fourth-order valence-corrected chi connectivity index (χ4v) is 3.94. The molecule has 0 radical (unpaired) electrons. The number of hydrogen-bond acceptors (Lipinski definition) is 4. The van der Waals surface area contributed by atoms with E-state index in [1.54, 1.807) is 25.4 Å². The van der Waals surface area contributed by atoms with Crippen LogP contribution in [-0.2, 0) is 9.59 Å². The van der Waals surface area contributed by atoms with Crippen molar-refractivity contribution in [3.63, 3.8) is 0 Å². The van der Waals surface area contributed by atoms with Gasteiger partial charge in [-0.05, 0) is 55.8 Å². The molecule has 29 heavy (non-hydrogen) atoms. The number of fused-ring (bicyclic) bond motifs is 1. The first-order valence-corrected chi connectivity index (χ1v) is 10.4. The molecule has 0 aliphatic carbocycles. The van der Waals surface area contributed by atoms with E-state index in [0.29, 0.717) is 0 Å². The second-order valence-corrected chi connectivity index (χ2v) is 8.62. The SMILES string of the molecule is Cc1ccc2nc(-c3ccc(NC(=O)[C@@H](C)[NH+](C)CC(=O)N(C)C)cc3)sc2c1. The Morgan fingerprint density at radius 1 is 1.17 bits per heavy atom. The molecule has 0 spiro atoms. The van der Waals surface area contributed by atoms with Gasteiger partial charge in [0, 0.05) is 25.3 Å². The number of hydrogen-bond donors (Lipinski definition) is 2. The van der Waals surface area contributed by atoms with Crippen LogP contribution in [0.1, 0.15) is 12.5 Å². The van der Waals surface area contributed by atoms with Gasteiger partial charge < -0.3 is 15.1 Å². The van der Waals surface area contributed by atoms with Crippen LogP contribution in [0.3, 0.4) is 0 Å². The van der Waals surface area contributed by atoms with Crippen LogP contribution in [0.25, 0.3) is 20.8 Å². The summed E-state index contributed by atoms with van der Waals surface area (Å²) in [5.74, 6) is -0.116. The number of carbonyl (C=O) groups excluding carboxylic acids is 2. The Morgan fingerprint density at radius 2 is 1.86 bits per heavy atom. The van der Waals surface area contributed by atoms with E-state index in [0.717, 1.165) is 26.7 Å². The zero-order valence-electron chi connectivity index (χ0n) is 17.4. The van der Waals surface area contributed by atoms with Gasteiger partial charge in [-0.2, -0.15) is 0 Å². The number of benzene rings is 2. The van der Waals surface area contributed by atoms with Crippen LogP contribution in [-0.4, -0.2) is 55.4 Å². The van der Waals surface area contributed by atoms with Crippen molar-refractivity contribution in [1.29, 1.82) is 0 Å². The van der Waals surface area contributed by atoms with Gasteiger partial charge in [-0.15, -0.1) is 11.3 Å². The summed E-state index contributed by atoms with van der Waals surface area (Å²) in [4.78, 5) is 31.5. The Hall–Kier alpha value is -2.77. The van der Waals surface area contributed by atoms with Crippen molar-refractivity contribution in [2.75, 3.05) is 33.0 Å². The molecule has 2 atom stereocenters. The number of anilines is 1. The van der Waals surface area contributed by atoms with Crippen LogP contribution in [0.15, 0.2) is 42.5 Å². The van der Waals surface area contributed by atoms with Gasteiger partial charge in [-0.1, -0.05) is 6.07 Å². The van der Waals surface area contributed by atoms with Gasteiger partial charge >= 0.3 is 0 Å². The highest BCUT2D eigenvalue weighted by molar-refractivity contribution is 7.21. The third-order valence-electron chi connectivity index (χ3n) is 5.00. The van der Waals surface area contributed by atoms with Crippen LogP contribution in [0.4, 0.5) is 5.69 Å². The number of quaternary nitrogens is 1. The first kappa shape index (κ1) is 21.0. The van der Waals surface area contributed by atoms with Gasteiger partial charge in [0.15, 0.2) is 12.6 Å². The molecular weight excluding hydrogens is 384 g/mol. The van der Waals surface area contributed by atoms with Crippen molar-refractivity contribution in [1.82, 2.24) is 9.88 Å². The molecule has 1 aromatic heterocycles. The number of thiazole rings is 1. The molecule has 0 fully saturated rings. The molecule has 2 N–H and O–H groups in total. The number of carbonyl (C=O) groups is 2. The molecule has 1 heterocycles. The normalized spacial score (nSPS) is 13.1. The van der Waals surface area contributed by atoms with Crippen molar-refractivity contribution >= 4 is 39.1 Å². The summed E-state index contributed by atoms with van der Waals surface area (Å²) in [6.45, 7) is 4.18. The zero-order chi connectivity index (χ0) is 21.1. The van der Waals surface area contributed by atoms with Gasteiger partial charge in [-0.3, -0.25) is 9.59 Å². The minimum absolute atomic E-state index is 0.00229. The Kier molecular flexibility index (Phi) is 6.30. The molecule has 3 rings (SSSR count). The van der Waals surface area contributed by atoms with Gasteiger partial charge in [0.2, 0.25) is 0 Å². The third-order valence-corrected chi connectivity index (χ3v) is 6.07. The van der Waals surface area contributed by atoms with Crippen LogP contribution < -0.4 is 10.2 Å². The number of rotatable bonds is 6. The standard InChI is InChI=1S/C22H26N4O2S/c1-14-6-11-18-19(12-14)29-22(24-18)16-7-9-17(10-8-16)23-21(28)15(2)26(5)13-20(27)25(3)4/h6-12,15H,13H2,1-5H3,(H,23,28)/p+1/t15-/m1/s1. The Bertz CT molecular complexity index is 1030. The largest absolute Gasteiger partial charge is 0.344 e. The van der Waals surface area contributed by atoms with Crippen LogP contribution in [0, 0.1) is 6.92 Å². The van der Waals surface area contributed by atoms with Gasteiger partial charge in [0.25, 0.3) is 11.8 Å². The molecule has 0 saturated heterocycles. The number of nitrogens with zero attached hydrogens (tertiary/aromatic N) is 2. The summed E-state index contributed by atoms with van der Waals surface area (Å²) in [7, 11) is 5.28. The first-order chi connectivity index (χ1) is 13.7. The van der Waals surface area contributed by atoms with Gasteiger partial charge in [0.1, 0.15) is 5.01 Å². The molecule has 3 aromatic rings. The number of aromatic nitrogens is 1. The quantitative estimate of drug-likeness (QED) is 0.654. The summed E-state index contributed by atoms with van der Waals surface area (Å²) in [6, 6.07) is 13.6. The predicted molar refractivity (Wildman–Crippen MR) is 118 cm³/mol. The van der Waals surface area contributed by atoms with Crippen molar-refractivity contribution < 1.29 is 14.5 Å². The van der Waals surface area contributed by atoms with E-state index < -0.39 is 0 Å². The van der Waals surface area contributed by atoms with Crippen molar-refractivity contribution in [2.24, 2.45) is 0 Å². The smallest absolute Gasteiger partial charge is 0.282 e. The Labute approximate surface area is 175 Å². The minimum Gasteiger partial charge on any atom is -0.344 e. The average molecular weight is 412 g/mol. The summed E-state index contributed by atoms with van der Waals surface area (Å²) >= 11 is 1.66. The molecular formula is C22H27N4O2S+.